The number of fused-ring (bicyclic) bond motifs is 1. The molecule has 1 aromatic rings. The summed E-state index contributed by atoms with van der Waals surface area (Å²) in [7, 11) is 5.26. The van der Waals surface area contributed by atoms with Crippen LogP contribution in [0.5, 0.6) is 0 Å². The zero-order valence-corrected chi connectivity index (χ0v) is 20.9. The second-order valence-corrected chi connectivity index (χ2v) is 9.91. The molecule has 4 rings (SSSR count). The molecule has 1 saturated heterocycles. The van der Waals surface area contributed by atoms with Crippen LogP contribution in [-0.2, 0) is 15.8 Å². The van der Waals surface area contributed by atoms with Crippen molar-refractivity contribution in [2.75, 3.05) is 47.3 Å². The number of amidine groups is 1. The van der Waals surface area contributed by atoms with Crippen LogP contribution in [0.25, 0.3) is 0 Å². The Bertz CT molecular complexity index is 1100. The van der Waals surface area contributed by atoms with E-state index < -0.39 is 17.8 Å². The number of likely N-dealkylation sites (N-methyl/N-ethyl adjacent to an activating group) is 2. The van der Waals surface area contributed by atoms with Gasteiger partial charge in [-0.05, 0) is 37.1 Å². The molecule has 1 aromatic carbocycles. The molecule has 11 heteroatoms. The number of carbonyl (C=O) groups excluding carboxylic acids is 2. The van der Waals surface area contributed by atoms with Crippen LogP contribution in [0.3, 0.4) is 0 Å². The molecule has 0 N–H and O–H groups in total. The number of hydrogen-bond acceptors (Lipinski definition) is 6. The molecule has 1 unspecified atom stereocenters. The van der Waals surface area contributed by atoms with Gasteiger partial charge in [0, 0.05) is 46.0 Å². The second-order valence-electron chi connectivity index (χ2n) is 9.07. The minimum absolute atomic E-state index is 0.0240. The predicted molar refractivity (Wildman–Crippen MR) is 129 cm³/mol. The highest BCUT2D eigenvalue weighted by molar-refractivity contribution is 8.16. The third-order valence-electron chi connectivity index (χ3n) is 6.38. The fourth-order valence-electron chi connectivity index (χ4n) is 4.38. The first kappa shape index (κ1) is 25.3. The van der Waals surface area contributed by atoms with Crippen molar-refractivity contribution < 1.29 is 22.8 Å². The minimum Gasteiger partial charge on any atom is -0.345 e. The van der Waals surface area contributed by atoms with Crippen LogP contribution < -0.4 is 0 Å². The van der Waals surface area contributed by atoms with Crippen molar-refractivity contribution in [1.82, 2.24) is 19.6 Å². The molecule has 0 radical (unpaired) electrons. The molecule has 188 valence electrons. The number of benzene rings is 1. The smallest absolute Gasteiger partial charge is 0.345 e. The zero-order chi connectivity index (χ0) is 25.5. The Hall–Kier alpha value is -2.79. The Morgan fingerprint density at radius 3 is 2.31 bits per heavy atom. The molecule has 3 heterocycles. The van der Waals surface area contributed by atoms with E-state index in [1.807, 2.05) is 22.3 Å². The molecule has 35 heavy (non-hydrogen) atoms. The van der Waals surface area contributed by atoms with E-state index in [0.29, 0.717) is 40.8 Å². The van der Waals surface area contributed by atoms with E-state index in [-0.39, 0.29) is 18.2 Å². The van der Waals surface area contributed by atoms with E-state index in [1.54, 1.807) is 21.0 Å². The van der Waals surface area contributed by atoms with Crippen molar-refractivity contribution >= 4 is 28.7 Å². The Morgan fingerprint density at radius 2 is 1.74 bits per heavy atom. The van der Waals surface area contributed by atoms with Gasteiger partial charge in [-0.1, -0.05) is 23.9 Å². The van der Waals surface area contributed by atoms with E-state index in [4.69, 9.17) is 0 Å². The lowest BCUT2D eigenvalue weighted by Gasteiger charge is -2.38. The number of allylic oxidation sites excluding steroid dienone is 1. The molecule has 0 aliphatic carbocycles. The number of halogens is 3. The van der Waals surface area contributed by atoms with Crippen molar-refractivity contribution in [3.05, 3.63) is 57.8 Å². The topological polar surface area (TPSA) is 59.5 Å². The Balaban J connectivity index is 1.69. The van der Waals surface area contributed by atoms with Crippen LogP contribution in [-0.4, -0.2) is 83.9 Å². The average molecular weight is 508 g/mol. The molecule has 3 aliphatic rings. The summed E-state index contributed by atoms with van der Waals surface area (Å²) in [6.45, 7) is 4.61. The van der Waals surface area contributed by atoms with Crippen molar-refractivity contribution in [3.63, 3.8) is 0 Å². The number of carbonyl (C=O) groups is 2. The molecule has 1 atom stereocenters. The van der Waals surface area contributed by atoms with Crippen LogP contribution in [0.4, 0.5) is 13.2 Å². The number of alkyl halides is 3. The average Bonchev–Trinajstić information content (AvgIpc) is 3.19. The van der Waals surface area contributed by atoms with E-state index >= 15 is 0 Å². The summed E-state index contributed by atoms with van der Waals surface area (Å²) >= 11 is 1.35. The Kier molecular flexibility index (Phi) is 7.01. The molecule has 7 nitrogen and oxygen atoms in total. The van der Waals surface area contributed by atoms with Gasteiger partial charge in [0.05, 0.1) is 29.3 Å². The molecule has 3 aliphatic heterocycles. The largest absolute Gasteiger partial charge is 0.416 e. The third kappa shape index (κ3) is 5.11. The first-order valence-corrected chi connectivity index (χ1v) is 12.1. The normalized spacial score (nSPS) is 21.1. The van der Waals surface area contributed by atoms with Gasteiger partial charge in [-0.2, -0.15) is 13.2 Å². The SMILES string of the molecule is CC1=C(C(=O)N(C)C)C(c2ccc(C(F)(F)F)cc2)N2C(CC(=O)N3CCN(C)CC3)=CSC2=N1. The molecular weight excluding hydrogens is 479 g/mol. The highest BCUT2D eigenvalue weighted by Gasteiger charge is 2.41. The van der Waals surface area contributed by atoms with Gasteiger partial charge in [0.25, 0.3) is 5.91 Å². The lowest BCUT2D eigenvalue weighted by molar-refractivity contribution is -0.137. The molecule has 0 saturated carbocycles. The standard InChI is InChI=1S/C24H28F3N5O2S/c1-15-20(22(34)29(2)3)21(16-5-7-17(8-6-16)24(25,26)27)32-18(14-35-23(32)28-15)13-19(33)31-11-9-30(4)10-12-31/h5-8,14,21H,9-13H2,1-4H3. The number of thioether (sulfide) groups is 1. The fourth-order valence-corrected chi connectivity index (χ4v) is 5.34. The van der Waals surface area contributed by atoms with Gasteiger partial charge in [0.15, 0.2) is 5.17 Å². The first-order valence-electron chi connectivity index (χ1n) is 11.3. The van der Waals surface area contributed by atoms with Gasteiger partial charge in [-0.3, -0.25) is 9.59 Å². The van der Waals surface area contributed by atoms with Crippen molar-refractivity contribution in [2.24, 2.45) is 4.99 Å². The molecule has 0 aromatic heterocycles. The zero-order valence-electron chi connectivity index (χ0n) is 20.1. The van der Waals surface area contributed by atoms with Gasteiger partial charge in [-0.25, -0.2) is 4.99 Å². The van der Waals surface area contributed by atoms with Crippen molar-refractivity contribution in [2.45, 2.75) is 25.6 Å². The van der Waals surface area contributed by atoms with Gasteiger partial charge < -0.3 is 19.6 Å². The summed E-state index contributed by atoms with van der Waals surface area (Å²) in [5, 5.41) is 2.45. The predicted octanol–water partition coefficient (Wildman–Crippen LogP) is 3.53. The Labute approximate surface area is 206 Å². The van der Waals surface area contributed by atoms with Gasteiger partial charge in [-0.15, -0.1) is 0 Å². The molecule has 1 fully saturated rings. The summed E-state index contributed by atoms with van der Waals surface area (Å²) in [6.07, 6.45) is -4.34. The number of rotatable bonds is 4. The Morgan fingerprint density at radius 1 is 1.11 bits per heavy atom. The van der Waals surface area contributed by atoms with Crippen LogP contribution in [0.15, 0.2) is 51.6 Å². The summed E-state index contributed by atoms with van der Waals surface area (Å²) in [6, 6.07) is 4.15. The minimum atomic E-state index is -4.46. The molecule has 2 amide bonds. The maximum Gasteiger partial charge on any atom is 0.416 e. The third-order valence-corrected chi connectivity index (χ3v) is 7.27. The number of aliphatic imine (C=N–C) groups is 1. The number of hydrogen-bond donors (Lipinski definition) is 0. The van der Waals surface area contributed by atoms with Gasteiger partial charge >= 0.3 is 6.18 Å². The summed E-state index contributed by atoms with van der Waals surface area (Å²) in [5.74, 6) is -0.305. The summed E-state index contributed by atoms with van der Waals surface area (Å²) in [5.41, 5.74) is 1.32. The molecular formula is C24H28F3N5O2S. The van der Waals surface area contributed by atoms with E-state index in [1.165, 1.54) is 28.8 Å². The monoisotopic (exact) mass is 507 g/mol. The van der Waals surface area contributed by atoms with Crippen molar-refractivity contribution in [1.29, 1.82) is 0 Å². The highest BCUT2D eigenvalue weighted by atomic mass is 32.2. The lowest BCUT2D eigenvalue weighted by atomic mass is 9.92. The molecule has 0 spiro atoms. The second kappa shape index (κ2) is 9.69. The number of nitrogens with zero attached hydrogens (tertiary/aromatic N) is 5. The quantitative estimate of drug-likeness (QED) is 0.624. The number of amides is 2. The van der Waals surface area contributed by atoms with Crippen LogP contribution >= 0.6 is 11.8 Å². The van der Waals surface area contributed by atoms with E-state index in [0.717, 1.165) is 25.2 Å². The molecule has 0 bridgehead atoms. The van der Waals surface area contributed by atoms with Crippen LogP contribution in [0, 0.1) is 0 Å². The highest BCUT2D eigenvalue weighted by Crippen LogP contribution is 2.45. The maximum atomic E-state index is 13.2. The van der Waals surface area contributed by atoms with Crippen LogP contribution in [0.2, 0.25) is 0 Å². The van der Waals surface area contributed by atoms with Crippen LogP contribution in [0.1, 0.15) is 30.5 Å². The number of piperazine rings is 1. The maximum absolute atomic E-state index is 13.2. The van der Waals surface area contributed by atoms with Gasteiger partial charge in [0.1, 0.15) is 0 Å². The van der Waals surface area contributed by atoms with Crippen molar-refractivity contribution in [3.8, 4) is 0 Å². The van der Waals surface area contributed by atoms with E-state index in [2.05, 4.69) is 9.89 Å². The first-order chi connectivity index (χ1) is 16.5. The summed E-state index contributed by atoms with van der Waals surface area (Å²) in [4.78, 5) is 38.2. The van der Waals surface area contributed by atoms with Gasteiger partial charge in [0.2, 0.25) is 5.91 Å². The lowest BCUT2D eigenvalue weighted by Crippen LogP contribution is -2.47. The fraction of sp³-hybridized carbons (Fsp3) is 0.458. The van der Waals surface area contributed by atoms with E-state index in [9.17, 15) is 22.8 Å². The summed E-state index contributed by atoms with van der Waals surface area (Å²) < 4.78 is 39.6.